The molecular weight excluding hydrogens is 331 g/mol. The van der Waals surface area contributed by atoms with Crippen LogP contribution in [-0.4, -0.2) is 47.8 Å². The van der Waals surface area contributed by atoms with E-state index in [4.69, 9.17) is 0 Å². The quantitative estimate of drug-likeness (QED) is 0.830. The SMILES string of the molecule is CCCN1CCC[C@@]2(CCN(C(=O)C3(c4ccc(F)cc4)CC3)C2)C1=O. The zero-order chi connectivity index (χ0) is 18.4. The van der Waals surface area contributed by atoms with Crippen molar-refractivity contribution in [3.8, 4) is 0 Å². The standard InChI is InChI=1S/C21H27FN2O2/c1-2-12-23-13-3-8-20(18(23)25)11-14-24(15-20)19(26)21(9-10-21)16-4-6-17(22)7-5-16/h4-7H,2-3,8-15H2,1H3/t20-/m0/s1. The smallest absolute Gasteiger partial charge is 0.233 e. The van der Waals surface area contributed by atoms with Crippen LogP contribution < -0.4 is 0 Å². The first-order chi connectivity index (χ1) is 12.5. The number of benzene rings is 1. The fourth-order valence-electron chi connectivity index (χ4n) is 4.88. The van der Waals surface area contributed by atoms with Crippen LogP contribution in [0.1, 0.15) is 51.0 Å². The van der Waals surface area contributed by atoms with E-state index in [0.29, 0.717) is 13.1 Å². The molecule has 2 heterocycles. The molecule has 4 nitrogen and oxygen atoms in total. The highest BCUT2D eigenvalue weighted by molar-refractivity contribution is 5.93. The lowest BCUT2D eigenvalue weighted by Crippen LogP contribution is -2.51. The zero-order valence-corrected chi connectivity index (χ0v) is 15.5. The number of halogens is 1. The monoisotopic (exact) mass is 358 g/mol. The van der Waals surface area contributed by atoms with Crippen LogP contribution in [-0.2, 0) is 15.0 Å². The maximum Gasteiger partial charge on any atom is 0.233 e. The number of rotatable bonds is 4. The minimum absolute atomic E-state index is 0.126. The molecule has 1 atom stereocenters. The summed E-state index contributed by atoms with van der Waals surface area (Å²) >= 11 is 0. The Morgan fingerprint density at radius 3 is 2.50 bits per heavy atom. The number of amides is 2. The summed E-state index contributed by atoms with van der Waals surface area (Å²) < 4.78 is 13.2. The second-order valence-corrected chi connectivity index (χ2v) is 8.24. The van der Waals surface area contributed by atoms with Crippen molar-refractivity contribution in [3.63, 3.8) is 0 Å². The highest BCUT2D eigenvalue weighted by Gasteiger charge is 2.57. The van der Waals surface area contributed by atoms with Crippen LogP contribution in [0.5, 0.6) is 0 Å². The molecule has 1 aliphatic carbocycles. The maximum atomic E-state index is 13.3. The number of likely N-dealkylation sites (tertiary alicyclic amines) is 2. The molecule has 5 heteroatoms. The van der Waals surface area contributed by atoms with Gasteiger partial charge in [-0.1, -0.05) is 19.1 Å². The minimum atomic E-state index is -0.486. The molecule has 0 radical (unpaired) electrons. The number of nitrogens with zero attached hydrogens (tertiary/aromatic N) is 2. The summed E-state index contributed by atoms with van der Waals surface area (Å²) in [6.45, 7) is 4.97. The van der Waals surface area contributed by atoms with Crippen LogP contribution >= 0.6 is 0 Å². The Morgan fingerprint density at radius 2 is 1.85 bits per heavy atom. The van der Waals surface area contributed by atoms with E-state index in [1.807, 2.05) is 9.80 Å². The van der Waals surface area contributed by atoms with Gasteiger partial charge in [0.05, 0.1) is 10.8 Å². The van der Waals surface area contributed by atoms with E-state index >= 15 is 0 Å². The molecule has 1 aromatic carbocycles. The largest absolute Gasteiger partial charge is 0.342 e. The lowest BCUT2D eigenvalue weighted by atomic mass is 9.78. The molecule has 1 spiro atoms. The Kier molecular flexibility index (Phi) is 4.28. The van der Waals surface area contributed by atoms with Crippen molar-refractivity contribution in [1.82, 2.24) is 9.80 Å². The fraction of sp³-hybridized carbons (Fsp3) is 0.619. The van der Waals surface area contributed by atoms with E-state index in [9.17, 15) is 14.0 Å². The van der Waals surface area contributed by atoms with Crippen molar-refractivity contribution in [2.75, 3.05) is 26.2 Å². The summed E-state index contributed by atoms with van der Waals surface area (Å²) in [6.07, 6.45) is 5.29. The normalized spacial score (nSPS) is 27.2. The molecule has 3 aliphatic rings. The molecule has 0 bridgehead atoms. The van der Waals surface area contributed by atoms with Gasteiger partial charge in [-0.2, -0.15) is 0 Å². The first-order valence-corrected chi connectivity index (χ1v) is 9.86. The van der Waals surface area contributed by atoms with Crippen LogP contribution in [0.3, 0.4) is 0 Å². The Hall–Kier alpha value is -1.91. The second kappa shape index (κ2) is 6.36. The van der Waals surface area contributed by atoms with Gasteiger partial charge in [0.2, 0.25) is 11.8 Å². The van der Waals surface area contributed by atoms with Crippen molar-refractivity contribution in [2.45, 2.75) is 50.9 Å². The molecule has 4 rings (SSSR count). The predicted octanol–water partition coefficient (Wildman–Crippen LogP) is 3.11. The van der Waals surface area contributed by atoms with Gasteiger partial charge in [0.1, 0.15) is 5.82 Å². The summed E-state index contributed by atoms with van der Waals surface area (Å²) in [5.41, 5.74) is 0.0505. The molecule has 1 saturated carbocycles. The fourth-order valence-corrected chi connectivity index (χ4v) is 4.88. The van der Waals surface area contributed by atoms with Gasteiger partial charge in [-0.15, -0.1) is 0 Å². The third kappa shape index (κ3) is 2.72. The Morgan fingerprint density at radius 1 is 1.12 bits per heavy atom. The summed E-state index contributed by atoms with van der Waals surface area (Å²) in [4.78, 5) is 30.2. The maximum absolute atomic E-state index is 13.3. The molecule has 1 aromatic rings. The van der Waals surface area contributed by atoms with Gasteiger partial charge in [-0.25, -0.2) is 4.39 Å². The average molecular weight is 358 g/mol. The number of hydrogen-bond acceptors (Lipinski definition) is 2. The molecular formula is C21H27FN2O2. The summed E-state index contributed by atoms with van der Waals surface area (Å²) in [5.74, 6) is 0.0925. The van der Waals surface area contributed by atoms with Gasteiger partial charge >= 0.3 is 0 Å². The van der Waals surface area contributed by atoms with Crippen LogP contribution in [0.2, 0.25) is 0 Å². The summed E-state index contributed by atoms with van der Waals surface area (Å²) in [5, 5.41) is 0. The Labute approximate surface area is 154 Å². The highest BCUT2D eigenvalue weighted by Crippen LogP contribution is 2.51. The molecule has 0 aromatic heterocycles. The van der Waals surface area contributed by atoms with E-state index in [2.05, 4.69) is 6.92 Å². The Balaban J connectivity index is 1.51. The van der Waals surface area contributed by atoms with Crippen LogP contribution in [0.15, 0.2) is 24.3 Å². The van der Waals surface area contributed by atoms with Crippen LogP contribution in [0.25, 0.3) is 0 Å². The third-order valence-corrected chi connectivity index (χ3v) is 6.51. The van der Waals surface area contributed by atoms with Gasteiger partial charge in [0.25, 0.3) is 0 Å². The topological polar surface area (TPSA) is 40.6 Å². The molecule has 2 aliphatic heterocycles. The first-order valence-electron chi connectivity index (χ1n) is 9.86. The number of carbonyl (C=O) groups is 2. The van der Waals surface area contributed by atoms with Gasteiger partial charge in [-0.05, 0) is 56.2 Å². The van der Waals surface area contributed by atoms with Crippen molar-refractivity contribution >= 4 is 11.8 Å². The molecule has 26 heavy (non-hydrogen) atoms. The van der Waals surface area contributed by atoms with Crippen molar-refractivity contribution in [1.29, 1.82) is 0 Å². The minimum Gasteiger partial charge on any atom is -0.342 e. The highest BCUT2D eigenvalue weighted by atomic mass is 19.1. The lowest BCUT2D eigenvalue weighted by Gasteiger charge is -2.39. The molecule has 2 saturated heterocycles. The molecule has 140 valence electrons. The molecule has 0 unspecified atom stereocenters. The van der Waals surface area contributed by atoms with Gasteiger partial charge in [0.15, 0.2) is 0 Å². The Bertz CT molecular complexity index is 711. The average Bonchev–Trinajstić information content (AvgIpc) is 3.34. The predicted molar refractivity (Wildman–Crippen MR) is 97.0 cm³/mol. The molecule has 3 fully saturated rings. The first kappa shape index (κ1) is 17.5. The van der Waals surface area contributed by atoms with Crippen molar-refractivity contribution < 1.29 is 14.0 Å². The van der Waals surface area contributed by atoms with E-state index in [-0.39, 0.29) is 23.0 Å². The number of carbonyl (C=O) groups excluding carboxylic acids is 2. The summed E-state index contributed by atoms with van der Waals surface area (Å²) in [6, 6.07) is 6.34. The van der Waals surface area contributed by atoms with Crippen molar-refractivity contribution in [2.24, 2.45) is 5.41 Å². The van der Waals surface area contributed by atoms with E-state index in [1.54, 1.807) is 12.1 Å². The van der Waals surface area contributed by atoms with Gasteiger partial charge in [0, 0.05) is 26.2 Å². The number of hydrogen-bond donors (Lipinski definition) is 0. The van der Waals surface area contributed by atoms with Crippen LogP contribution in [0, 0.1) is 11.2 Å². The van der Waals surface area contributed by atoms with Crippen molar-refractivity contribution in [3.05, 3.63) is 35.6 Å². The van der Waals surface area contributed by atoms with Gasteiger partial charge < -0.3 is 9.80 Å². The van der Waals surface area contributed by atoms with Crippen LogP contribution in [0.4, 0.5) is 4.39 Å². The third-order valence-electron chi connectivity index (χ3n) is 6.51. The number of piperidine rings is 1. The van der Waals surface area contributed by atoms with Gasteiger partial charge in [-0.3, -0.25) is 9.59 Å². The summed E-state index contributed by atoms with van der Waals surface area (Å²) in [7, 11) is 0. The zero-order valence-electron chi connectivity index (χ0n) is 15.5. The molecule has 2 amide bonds. The van der Waals surface area contributed by atoms with E-state index < -0.39 is 5.41 Å². The van der Waals surface area contributed by atoms with E-state index in [1.165, 1.54) is 12.1 Å². The molecule has 0 N–H and O–H groups in total. The lowest BCUT2D eigenvalue weighted by molar-refractivity contribution is -0.146. The van der Waals surface area contributed by atoms with E-state index in [0.717, 1.165) is 57.2 Å². The second-order valence-electron chi connectivity index (χ2n) is 8.24.